The summed E-state index contributed by atoms with van der Waals surface area (Å²) < 4.78 is 20.4. The number of carbonyl (C=O) groups excluding carboxylic acids is 1. The zero-order valence-corrected chi connectivity index (χ0v) is 22.7. The molecule has 0 unspecified atom stereocenters. The molecule has 1 N–H and O–H groups in total. The first kappa shape index (κ1) is 26.4. The van der Waals surface area contributed by atoms with E-state index in [9.17, 15) is 9.18 Å². The highest BCUT2D eigenvalue weighted by Crippen LogP contribution is 2.37. The lowest BCUT2D eigenvalue weighted by atomic mass is 10.1. The number of thiazole rings is 1. The summed E-state index contributed by atoms with van der Waals surface area (Å²) in [4.78, 5) is 19.4. The van der Waals surface area contributed by atoms with E-state index in [1.54, 1.807) is 43.5 Å². The van der Waals surface area contributed by atoms with E-state index in [0.717, 1.165) is 28.1 Å². The van der Waals surface area contributed by atoms with E-state index >= 15 is 0 Å². The van der Waals surface area contributed by atoms with Crippen LogP contribution in [-0.4, -0.2) is 18.0 Å². The monoisotopic (exact) mass is 557 g/mol. The predicted octanol–water partition coefficient (Wildman–Crippen LogP) is 7.88. The molecular formula is C31H25ClFN3O2S. The third-order valence-corrected chi connectivity index (χ3v) is 7.25. The summed E-state index contributed by atoms with van der Waals surface area (Å²) in [6.45, 7) is 0.741. The van der Waals surface area contributed by atoms with Gasteiger partial charge in [0.15, 0.2) is 5.13 Å². The van der Waals surface area contributed by atoms with Crippen molar-refractivity contribution in [1.29, 1.82) is 0 Å². The lowest BCUT2D eigenvalue weighted by molar-refractivity contribution is 0.0951. The summed E-state index contributed by atoms with van der Waals surface area (Å²) in [5.41, 5.74) is 4.39. The molecule has 1 heterocycles. The Morgan fingerprint density at radius 2 is 1.74 bits per heavy atom. The summed E-state index contributed by atoms with van der Waals surface area (Å²) in [6.07, 6.45) is 0. The van der Waals surface area contributed by atoms with Crippen LogP contribution in [0.5, 0.6) is 5.75 Å². The summed E-state index contributed by atoms with van der Waals surface area (Å²) in [7, 11) is 1.62. The van der Waals surface area contributed by atoms with Crippen LogP contribution in [-0.2, 0) is 13.1 Å². The van der Waals surface area contributed by atoms with Crippen LogP contribution in [0.25, 0.3) is 11.3 Å². The van der Waals surface area contributed by atoms with Crippen molar-refractivity contribution in [1.82, 2.24) is 10.3 Å². The minimum absolute atomic E-state index is 0.186. The fourth-order valence-corrected chi connectivity index (χ4v) is 5.22. The third-order valence-electron chi connectivity index (χ3n) is 6.15. The molecule has 8 heteroatoms. The molecule has 5 nitrogen and oxygen atoms in total. The zero-order chi connectivity index (χ0) is 27.2. The van der Waals surface area contributed by atoms with Gasteiger partial charge < -0.3 is 15.0 Å². The number of para-hydroxylation sites is 2. The summed E-state index contributed by atoms with van der Waals surface area (Å²) in [6, 6.07) is 28.9. The van der Waals surface area contributed by atoms with E-state index in [1.165, 1.54) is 17.4 Å². The van der Waals surface area contributed by atoms with Crippen LogP contribution in [0.15, 0.2) is 102 Å². The van der Waals surface area contributed by atoms with Gasteiger partial charge in [0.2, 0.25) is 0 Å². The number of ether oxygens (including phenoxy) is 1. The van der Waals surface area contributed by atoms with Crippen LogP contribution >= 0.6 is 22.9 Å². The molecule has 4 aromatic carbocycles. The number of carbonyl (C=O) groups is 1. The van der Waals surface area contributed by atoms with Crippen molar-refractivity contribution >= 4 is 39.7 Å². The molecule has 0 bridgehead atoms. The first-order valence-corrected chi connectivity index (χ1v) is 13.5. The van der Waals surface area contributed by atoms with Crippen LogP contribution in [0.4, 0.5) is 15.2 Å². The molecule has 0 aliphatic rings. The maximum absolute atomic E-state index is 15.0. The summed E-state index contributed by atoms with van der Waals surface area (Å²) >= 11 is 7.46. The van der Waals surface area contributed by atoms with E-state index in [2.05, 4.69) is 5.32 Å². The Labute approximate surface area is 235 Å². The fourth-order valence-electron chi connectivity index (χ4n) is 4.17. The first-order valence-electron chi connectivity index (χ1n) is 12.2. The number of nitrogens with zero attached hydrogens (tertiary/aromatic N) is 2. The minimum atomic E-state index is -0.344. The zero-order valence-electron chi connectivity index (χ0n) is 21.1. The molecule has 0 saturated heterocycles. The topological polar surface area (TPSA) is 54.5 Å². The molecule has 0 saturated carbocycles. The summed E-state index contributed by atoms with van der Waals surface area (Å²) in [5, 5.41) is 6.12. The molecule has 5 rings (SSSR count). The Balaban J connectivity index is 1.37. The number of hydrogen-bond donors (Lipinski definition) is 1. The predicted molar refractivity (Wildman–Crippen MR) is 155 cm³/mol. The first-order chi connectivity index (χ1) is 19.0. The molecule has 1 amide bonds. The maximum atomic E-state index is 15.0. The lowest BCUT2D eigenvalue weighted by Crippen LogP contribution is -2.23. The Bertz CT molecular complexity index is 1590. The molecule has 5 aromatic rings. The highest BCUT2D eigenvalue weighted by Gasteiger charge is 2.19. The van der Waals surface area contributed by atoms with Gasteiger partial charge >= 0.3 is 0 Å². The Morgan fingerprint density at radius 1 is 0.974 bits per heavy atom. The number of rotatable bonds is 9. The van der Waals surface area contributed by atoms with Crippen LogP contribution in [0, 0.1) is 5.82 Å². The fraction of sp³-hybridized carbons (Fsp3) is 0.0968. The molecule has 0 aliphatic heterocycles. The number of benzene rings is 4. The molecule has 1 aromatic heterocycles. The normalized spacial score (nSPS) is 10.7. The van der Waals surface area contributed by atoms with Gasteiger partial charge in [0.1, 0.15) is 11.6 Å². The van der Waals surface area contributed by atoms with E-state index in [-0.39, 0.29) is 11.7 Å². The van der Waals surface area contributed by atoms with Gasteiger partial charge in [-0.05, 0) is 59.7 Å². The number of hydrogen-bond acceptors (Lipinski definition) is 5. The van der Waals surface area contributed by atoms with Crippen molar-refractivity contribution in [2.45, 2.75) is 13.1 Å². The number of nitrogens with one attached hydrogen (secondary N) is 1. The van der Waals surface area contributed by atoms with E-state index < -0.39 is 0 Å². The minimum Gasteiger partial charge on any atom is -0.496 e. The van der Waals surface area contributed by atoms with Crippen molar-refractivity contribution in [2.75, 3.05) is 12.0 Å². The molecule has 0 fully saturated rings. The maximum Gasteiger partial charge on any atom is 0.251 e. The second-order valence-corrected chi connectivity index (χ2v) is 10.0. The van der Waals surface area contributed by atoms with Gasteiger partial charge in [0.05, 0.1) is 25.0 Å². The number of anilines is 2. The molecule has 39 heavy (non-hydrogen) atoms. The van der Waals surface area contributed by atoms with Gasteiger partial charge in [-0.15, -0.1) is 11.3 Å². The molecule has 0 aliphatic carbocycles. The second-order valence-electron chi connectivity index (χ2n) is 8.76. The van der Waals surface area contributed by atoms with Crippen molar-refractivity contribution in [3.05, 3.63) is 130 Å². The van der Waals surface area contributed by atoms with Crippen molar-refractivity contribution in [3.63, 3.8) is 0 Å². The Morgan fingerprint density at radius 3 is 2.51 bits per heavy atom. The summed E-state index contributed by atoms with van der Waals surface area (Å²) in [5.74, 6) is 0.188. The highest BCUT2D eigenvalue weighted by molar-refractivity contribution is 7.14. The standard InChI is InChI=1S/C31H25ClFN3O2S/c1-38-29-12-5-2-9-25(29)27-20-39-31(35-27)36(28-11-4-3-10-26(28)33)19-21-13-15-23(16-14-21)30(37)34-18-22-7-6-8-24(32)17-22/h2-17,20H,18-19H2,1H3,(H,34,37). The third kappa shape index (κ3) is 6.28. The number of amides is 1. The van der Waals surface area contributed by atoms with Crippen molar-refractivity contribution < 1.29 is 13.9 Å². The van der Waals surface area contributed by atoms with Crippen molar-refractivity contribution in [3.8, 4) is 17.0 Å². The average Bonchev–Trinajstić information content (AvgIpc) is 3.45. The van der Waals surface area contributed by atoms with Gasteiger partial charge in [-0.1, -0.05) is 60.1 Å². The van der Waals surface area contributed by atoms with Gasteiger partial charge in [0, 0.05) is 28.1 Å². The number of methoxy groups -OCH3 is 1. The Kier molecular flexibility index (Phi) is 8.20. The van der Waals surface area contributed by atoms with Gasteiger partial charge in [-0.25, -0.2) is 9.37 Å². The van der Waals surface area contributed by atoms with Crippen LogP contribution in [0.2, 0.25) is 5.02 Å². The van der Waals surface area contributed by atoms with Gasteiger partial charge in [0.25, 0.3) is 5.91 Å². The van der Waals surface area contributed by atoms with E-state index in [4.69, 9.17) is 21.3 Å². The quantitative estimate of drug-likeness (QED) is 0.200. The molecule has 0 spiro atoms. The highest BCUT2D eigenvalue weighted by atomic mass is 35.5. The smallest absolute Gasteiger partial charge is 0.251 e. The van der Waals surface area contributed by atoms with Crippen LogP contribution in [0.1, 0.15) is 21.5 Å². The molecule has 0 radical (unpaired) electrons. The molecule has 0 atom stereocenters. The number of halogens is 2. The van der Waals surface area contributed by atoms with E-state index in [0.29, 0.717) is 34.5 Å². The lowest BCUT2D eigenvalue weighted by Gasteiger charge is -2.23. The number of aromatic nitrogens is 1. The van der Waals surface area contributed by atoms with Gasteiger partial charge in [-0.2, -0.15) is 0 Å². The largest absolute Gasteiger partial charge is 0.496 e. The molecule has 196 valence electrons. The van der Waals surface area contributed by atoms with Crippen LogP contribution in [0.3, 0.4) is 0 Å². The Hall–Kier alpha value is -4.20. The van der Waals surface area contributed by atoms with Crippen molar-refractivity contribution in [2.24, 2.45) is 0 Å². The molecular weight excluding hydrogens is 533 g/mol. The van der Waals surface area contributed by atoms with E-state index in [1.807, 2.05) is 64.9 Å². The second kappa shape index (κ2) is 12.1. The van der Waals surface area contributed by atoms with Gasteiger partial charge in [-0.3, -0.25) is 4.79 Å². The average molecular weight is 558 g/mol. The van der Waals surface area contributed by atoms with Crippen LogP contribution < -0.4 is 15.0 Å². The SMILES string of the molecule is COc1ccccc1-c1csc(N(Cc2ccc(C(=O)NCc3cccc(Cl)c3)cc2)c2ccccc2F)n1.